The summed E-state index contributed by atoms with van der Waals surface area (Å²) in [6, 6.07) is 0. The van der Waals surface area contributed by atoms with Gasteiger partial charge in [0, 0.05) is 25.5 Å². The van der Waals surface area contributed by atoms with Crippen LogP contribution in [0.1, 0.15) is 130 Å². The van der Waals surface area contributed by atoms with Gasteiger partial charge in [0.15, 0.2) is 0 Å². The smallest absolute Gasteiger partial charge is 0.0385 e. The Morgan fingerprint density at radius 3 is 1.35 bits per heavy atom. The monoisotopic (exact) mass is 435 g/mol. The zero-order chi connectivity index (χ0) is 22.8. The molecule has 0 aromatic carbocycles. The van der Waals surface area contributed by atoms with Crippen LogP contribution in [0.2, 0.25) is 0 Å². The van der Waals surface area contributed by atoms with Gasteiger partial charge in [-0.3, -0.25) is 9.98 Å². The number of unbranched alkanes of at least 4 members (excludes halogenated alkanes) is 8. The number of rotatable bonds is 24. The molecule has 0 aliphatic rings. The van der Waals surface area contributed by atoms with Gasteiger partial charge in [-0.2, -0.15) is 0 Å². The Labute approximate surface area is 196 Å². The third kappa shape index (κ3) is 22.3. The fourth-order valence-electron chi connectivity index (χ4n) is 3.89. The maximum atomic E-state index is 4.67. The molecule has 0 heterocycles. The molecule has 0 amide bonds. The molecule has 0 rings (SSSR count). The van der Waals surface area contributed by atoms with Crippen molar-refractivity contribution in [2.75, 3.05) is 26.2 Å². The lowest BCUT2D eigenvalue weighted by Crippen LogP contribution is -2.16. The first-order valence-electron chi connectivity index (χ1n) is 14.0. The van der Waals surface area contributed by atoms with E-state index < -0.39 is 0 Å². The Morgan fingerprint density at radius 2 is 0.968 bits per heavy atom. The van der Waals surface area contributed by atoms with Crippen molar-refractivity contribution in [2.45, 2.75) is 130 Å². The molecule has 3 heteroatoms. The predicted octanol–water partition coefficient (Wildman–Crippen LogP) is 8.27. The maximum Gasteiger partial charge on any atom is 0.0385 e. The van der Waals surface area contributed by atoms with Crippen LogP contribution in [0.4, 0.5) is 0 Å². The Balaban J connectivity index is 3.34. The van der Waals surface area contributed by atoms with Crippen molar-refractivity contribution >= 4 is 12.4 Å². The second-order valence-electron chi connectivity index (χ2n) is 9.31. The van der Waals surface area contributed by atoms with E-state index in [0.29, 0.717) is 11.8 Å². The Morgan fingerprint density at radius 1 is 0.548 bits per heavy atom. The molecule has 31 heavy (non-hydrogen) atoms. The average Bonchev–Trinajstić information content (AvgIpc) is 2.79. The summed E-state index contributed by atoms with van der Waals surface area (Å²) in [7, 11) is 0. The predicted molar refractivity (Wildman–Crippen MR) is 143 cm³/mol. The lowest BCUT2D eigenvalue weighted by molar-refractivity contribution is 0.555. The molecule has 0 saturated carbocycles. The first-order chi connectivity index (χ1) is 15.3. The van der Waals surface area contributed by atoms with Crippen molar-refractivity contribution in [3.63, 3.8) is 0 Å². The Kier molecular flexibility index (Phi) is 25.0. The minimum absolute atomic E-state index is 0.709. The molecule has 0 aliphatic heterocycles. The molecule has 2 atom stereocenters. The van der Waals surface area contributed by atoms with Gasteiger partial charge in [-0.05, 0) is 76.3 Å². The van der Waals surface area contributed by atoms with E-state index in [1.54, 1.807) is 0 Å². The molecule has 2 unspecified atom stereocenters. The minimum atomic E-state index is 0.709. The van der Waals surface area contributed by atoms with Crippen LogP contribution in [0.5, 0.6) is 0 Å². The molecule has 0 aliphatic carbocycles. The van der Waals surface area contributed by atoms with Gasteiger partial charge >= 0.3 is 0 Å². The lowest BCUT2D eigenvalue weighted by Gasteiger charge is -2.08. The molecular weight excluding hydrogens is 378 g/mol. The summed E-state index contributed by atoms with van der Waals surface area (Å²) in [5.74, 6) is 1.42. The van der Waals surface area contributed by atoms with E-state index in [1.165, 1.54) is 116 Å². The van der Waals surface area contributed by atoms with E-state index in [0.717, 1.165) is 13.1 Å². The zero-order valence-corrected chi connectivity index (χ0v) is 21.8. The van der Waals surface area contributed by atoms with Crippen LogP contribution in [-0.2, 0) is 0 Å². The molecule has 184 valence electrons. The topological polar surface area (TPSA) is 36.8 Å². The van der Waals surface area contributed by atoms with E-state index >= 15 is 0 Å². The standard InChI is InChI=1S/C28H57N3/c1-5-9-19-27(7-3)25-30-23-17-13-11-15-21-29-22-16-12-14-18-24-31-26-28(8-4)20-10-6-2/h25-29H,5-24H2,1-4H3. The molecule has 0 bridgehead atoms. The second-order valence-corrected chi connectivity index (χ2v) is 9.31. The summed E-state index contributed by atoms with van der Waals surface area (Å²) in [4.78, 5) is 9.33. The van der Waals surface area contributed by atoms with Crippen molar-refractivity contribution in [1.29, 1.82) is 0 Å². The number of nitrogens with zero attached hydrogens (tertiary/aromatic N) is 2. The highest BCUT2D eigenvalue weighted by atomic mass is 14.8. The summed E-state index contributed by atoms with van der Waals surface area (Å²) in [6.45, 7) is 13.5. The van der Waals surface area contributed by atoms with E-state index in [2.05, 4.69) is 55.4 Å². The van der Waals surface area contributed by atoms with Crippen LogP contribution in [0.3, 0.4) is 0 Å². The molecular formula is C28H57N3. The van der Waals surface area contributed by atoms with Crippen LogP contribution in [0.25, 0.3) is 0 Å². The summed E-state index contributed by atoms with van der Waals surface area (Å²) in [6.07, 6.45) is 25.3. The number of aliphatic imine (C=N–C) groups is 2. The van der Waals surface area contributed by atoms with E-state index in [4.69, 9.17) is 0 Å². The summed E-state index contributed by atoms with van der Waals surface area (Å²) >= 11 is 0. The molecule has 0 aromatic heterocycles. The SMILES string of the molecule is CCCCC(C=NCCCCCCNCCCCCCN=CC(CC)CCCC)CC. The molecule has 0 fully saturated rings. The van der Waals surface area contributed by atoms with Crippen molar-refractivity contribution in [1.82, 2.24) is 5.32 Å². The highest BCUT2D eigenvalue weighted by Crippen LogP contribution is 2.11. The molecule has 0 saturated heterocycles. The van der Waals surface area contributed by atoms with Gasteiger partial charge in [0.05, 0.1) is 0 Å². The number of nitrogens with one attached hydrogen (secondary N) is 1. The van der Waals surface area contributed by atoms with Crippen molar-refractivity contribution in [3.05, 3.63) is 0 Å². The average molecular weight is 436 g/mol. The molecule has 0 aromatic rings. The normalized spacial score (nSPS) is 14.1. The largest absolute Gasteiger partial charge is 0.317 e. The van der Waals surface area contributed by atoms with Crippen molar-refractivity contribution in [3.8, 4) is 0 Å². The van der Waals surface area contributed by atoms with Crippen LogP contribution in [0.15, 0.2) is 9.98 Å². The molecule has 1 N–H and O–H groups in total. The van der Waals surface area contributed by atoms with Gasteiger partial charge in [0.25, 0.3) is 0 Å². The van der Waals surface area contributed by atoms with Gasteiger partial charge in [-0.25, -0.2) is 0 Å². The fraction of sp³-hybridized carbons (Fsp3) is 0.929. The highest BCUT2D eigenvalue weighted by molar-refractivity contribution is 5.60. The van der Waals surface area contributed by atoms with Crippen molar-refractivity contribution < 1.29 is 0 Å². The summed E-state index contributed by atoms with van der Waals surface area (Å²) in [5, 5.41) is 3.61. The van der Waals surface area contributed by atoms with E-state index in [-0.39, 0.29) is 0 Å². The summed E-state index contributed by atoms with van der Waals surface area (Å²) in [5.41, 5.74) is 0. The molecule has 0 radical (unpaired) electrons. The second kappa shape index (κ2) is 25.6. The maximum absolute atomic E-state index is 4.67. The third-order valence-electron chi connectivity index (χ3n) is 6.32. The first-order valence-corrected chi connectivity index (χ1v) is 14.0. The number of hydrogen-bond acceptors (Lipinski definition) is 3. The lowest BCUT2D eigenvalue weighted by atomic mass is 10.0. The Hall–Kier alpha value is -0.700. The molecule has 0 spiro atoms. The van der Waals surface area contributed by atoms with Gasteiger partial charge in [0.2, 0.25) is 0 Å². The number of hydrogen-bond donors (Lipinski definition) is 1. The fourth-order valence-corrected chi connectivity index (χ4v) is 3.89. The van der Waals surface area contributed by atoms with Crippen LogP contribution in [-0.4, -0.2) is 38.6 Å². The van der Waals surface area contributed by atoms with Gasteiger partial charge < -0.3 is 5.32 Å². The first kappa shape index (κ1) is 30.3. The highest BCUT2D eigenvalue weighted by Gasteiger charge is 2.02. The Bertz CT molecular complexity index is 356. The molecule has 3 nitrogen and oxygen atoms in total. The quantitative estimate of drug-likeness (QED) is 0.120. The van der Waals surface area contributed by atoms with Crippen LogP contribution < -0.4 is 5.32 Å². The summed E-state index contributed by atoms with van der Waals surface area (Å²) < 4.78 is 0. The van der Waals surface area contributed by atoms with Gasteiger partial charge in [-0.15, -0.1) is 0 Å². The zero-order valence-electron chi connectivity index (χ0n) is 21.8. The van der Waals surface area contributed by atoms with Gasteiger partial charge in [-0.1, -0.05) is 79.1 Å². The van der Waals surface area contributed by atoms with Crippen LogP contribution in [0, 0.1) is 11.8 Å². The van der Waals surface area contributed by atoms with E-state index in [9.17, 15) is 0 Å². The van der Waals surface area contributed by atoms with Gasteiger partial charge in [0.1, 0.15) is 0 Å². The van der Waals surface area contributed by atoms with E-state index in [1.807, 2.05) is 0 Å². The van der Waals surface area contributed by atoms with Crippen LogP contribution >= 0.6 is 0 Å². The van der Waals surface area contributed by atoms with Crippen molar-refractivity contribution in [2.24, 2.45) is 21.8 Å². The minimum Gasteiger partial charge on any atom is -0.317 e. The third-order valence-corrected chi connectivity index (χ3v) is 6.32.